The molecule has 2 aromatic rings. The van der Waals surface area contributed by atoms with Gasteiger partial charge in [-0.1, -0.05) is 24.3 Å². The molecular weight excluding hydrogens is 399 g/mol. The molecule has 1 aliphatic rings. The van der Waals surface area contributed by atoms with Gasteiger partial charge in [-0.3, -0.25) is 15.0 Å². The number of amides is 1. The van der Waals surface area contributed by atoms with Gasteiger partial charge in [-0.25, -0.2) is 4.79 Å². The fourth-order valence-corrected chi connectivity index (χ4v) is 3.74. The normalized spacial score (nSPS) is 19.6. The molecule has 2 N–H and O–H groups in total. The van der Waals surface area contributed by atoms with Gasteiger partial charge < -0.3 is 10.0 Å². The Balaban J connectivity index is 1.82. The van der Waals surface area contributed by atoms with Crippen molar-refractivity contribution in [3.05, 3.63) is 54.1 Å². The molecular formula is C21H22F3N3O3. The van der Waals surface area contributed by atoms with E-state index in [1.54, 1.807) is 19.2 Å². The number of carbonyl (C=O) groups is 2. The maximum absolute atomic E-state index is 12.7. The van der Waals surface area contributed by atoms with Gasteiger partial charge in [0, 0.05) is 18.8 Å². The number of hydrogen-bond donors (Lipinski definition) is 2. The number of hydrogen-bond acceptors (Lipinski definition) is 4. The lowest BCUT2D eigenvalue weighted by atomic mass is 9.98. The third kappa shape index (κ3) is 3.97. The number of piperazine rings is 1. The van der Waals surface area contributed by atoms with Crippen molar-refractivity contribution in [2.45, 2.75) is 18.8 Å². The molecule has 160 valence electrons. The van der Waals surface area contributed by atoms with E-state index in [-0.39, 0.29) is 18.9 Å². The molecule has 1 amide bonds. The summed E-state index contributed by atoms with van der Waals surface area (Å²) < 4.78 is 38.2. The standard InChI is InChI=1S/C21H22F3N3O3/c1-14(28)20(25-2)13-26(11-12-27(20)19(29)30)18-9-5-16(6-10-18)15-3-7-17(8-4-15)21(22,23)24/h3-10,25H,11-13H2,1-2H3,(H,29,30). The summed E-state index contributed by atoms with van der Waals surface area (Å²) >= 11 is 0. The average Bonchev–Trinajstić information content (AvgIpc) is 2.72. The van der Waals surface area contributed by atoms with Crippen molar-refractivity contribution in [2.24, 2.45) is 0 Å². The van der Waals surface area contributed by atoms with Crippen LogP contribution >= 0.6 is 0 Å². The number of nitrogens with one attached hydrogen (secondary N) is 1. The van der Waals surface area contributed by atoms with Crippen molar-refractivity contribution < 1.29 is 27.9 Å². The molecule has 30 heavy (non-hydrogen) atoms. The number of likely N-dealkylation sites (N-methyl/N-ethyl adjacent to an activating group) is 1. The zero-order chi connectivity index (χ0) is 22.1. The molecule has 1 saturated heterocycles. The Morgan fingerprint density at radius 3 is 1.97 bits per heavy atom. The van der Waals surface area contributed by atoms with Gasteiger partial charge in [-0.2, -0.15) is 13.2 Å². The van der Waals surface area contributed by atoms with Gasteiger partial charge in [0.25, 0.3) is 0 Å². The molecule has 3 rings (SSSR count). The second-order valence-electron chi connectivity index (χ2n) is 7.14. The van der Waals surface area contributed by atoms with E-state index < -0.39 is 23.5 Å². The minimum atomic E-state index is -4.38. The molecule has 0 saturated carbocycles. The summed E-state index contributed by atoms with van der Waals surface area (Å²) in [7, 11) is 1.55. The molecule has 1 heterocycles. The Kier molecular flexibility index (Phi) is 5.76. The third-order valence-electron chi connectivity index (χ3n) is 5.48. The number of anilines is 1. The van der Waals surface area contributed by atoms with Gasteiger partial charge in [0.2, 0.25) is 0 Å². The summed E-state index contributed by atoms with van der Waals surface area (Å²) in [5.41, 5.74) is 0.140. The number of benzene rings is 2. The lowest BCUT2D eigenvalue weighted by molar-refractivity contribution is -0.137. The van der Waals surface area contributed by atoms with Crippen LogP contribution in [0.4, 0.5) is 23.7 Å². The Morgan fingerprint density at radius 1 is 1.00 bits per heavy atom. The van der Waals surface area contributed by atoms with E-state index in [9.17, 15) is 27.9 Å². The number of carbonyl (C=O) groups excluding carboxylic acids is 1. The van der Waals surface area contributed by atoms with Crippen molar-refractivity contribution in [1.29, 1.82) is 0 Å². The number of carboxylic acid groups (broad SMARTS) is 1. The minimum absolute atomic E-state index is 0.144. The highest BCUT2D eigenvalue weighted by atomic mass is 19.4. The molecule has 0 radical (unpaired) electrons. The van der Waals surface area contributed by atoms with Crippen LogP contribution in [0.3, 0.4) is 0 Å². The average molecular weight is 421 g/mol. The molecule has 0 aliphatic carbocycles. The van der Waals surface area contributed by atoms with Gasteiger partial charge in [0.1, 0.15) is 0 Å². The van der Waals surface area contributed by atoms with Gasteiger partial charge in [-0.15, -0.1) is 0 Å². The topological polar surface area (TPSA) is 72.9 Å². The molecule has 1 aliphatic heterocycles. The van der Waals surface area contributed by atoms with E-state index >= 15 is 0 Å². The van der Waals surface area contributed by atoms with Gasteiger partial charge in [0.15, 0.2) is 11.4 Å². The molecule has 1 unspecified atom stereocenters. The minimum Gasteiger partial charge on any atom is -0.465 e. The molecule has 0 spiro atoms. The van der Waals surface area contributed by atoms with Crippen LogP contribution in [-0.4, -0.2) is 54.2 Å². The Labute approximate surface area is 171 Å². The fraction of sp³-hybridized carbons (Fsp3) is 0.333. The first-order valence-corrected chi connectivity index (χ1v) is 9.31. The van der Waals surface area contributed by atoms with Crippen molar-refractivity contribution in [2.75, 3.05) is 31.6 Å². The molecule has 0 bridgehead atoms. The first-order valence-electron chi connectivity index (χ1n) is 9.31. The first-order chi connectivity index (χ1) is 14.1. The van der Waals surface area contributed by atoms with E-state index in [1.165, 1.54) is 19.1 Å². The van der Waals surface area contributed by atoms with Crippen LogP contribution < -0.4 is 10.2 Å². The number of rotatable bonds is 4. The van der Waals surface area contributed by atoms with Crippen LogP contribution in [0.2, 0.25) is 0 Å². The predicted octanol–water partition coefficient (Wildman–Crippen LogP) is 3.68. The molecule has 2 aromatic carbocycles. The maximum atomic E-state index is 12.7. The molecule has 0 aromatic heterocycles. The number of nitrogens with zero attached hydrogens (tertiary/aromatic N) is 2. The second-order valence-corrected chi connectivity index (χ2v) is 7.14. The van der Waals surface area contributed by atoms with Crippen molar-refractivity contribution in [3.63, 3.8) is 0 Å². The smallest absolute Gasteiger partial charge is 0.416 e. The summed E-state index contributed by atoms with van der Waals surface area (Å²) in [5, 5.41) is 12.4. The summed E-state index contributed by atoms with van der Waals surface area (Å²) in [4.78, 5) is 26.9. The van der Waals surface area contributed by atoms with Gasteiger partial charge in [0.05, 0.1) is 12.1 Å². The highest BCUT2D eigenvalue weighted by molar-refractivity contribution is 5.90. The van der Waals surface area contributed by atoms with Crippen LogP contribution in [0.15, 0.2) is 48.5 Å². The SMILES string of the molecule is CNC1(C(C)=O)CN(c2ccc(-c3ccc(C(F)(F)F)cc3)cc2)CCN1C(=O)O. The summed E-state index contributed by atoms with van der Waals surface area (Å²) in [6.45, 7) is 2.05. The zero-order valence-corrected chi connectivity index (χ0v) is 16.5. The van der Waals surface area contributed by atoms with Crippen LogP contribution in [0.25, 0.3) is 11.1 Å². The number of alkyl halides is 3. The van der Waals surface area contributed by atoms with Crippen LogP contribution in [0.5, 0.6) is 0 Å². The maximum Gasteiger partial charge on any atom is 0.416 e. The quantitative estimate of drug-likeness (QED) is 0.788. The van der Waals surface area contributed by atoms with Crippen molar-refractivity contribution in [1.82, 2.24) is 10.2 Å². The number of ketones is 1. The van der Waals surface area contributed by atoms with E-state index in [0.29, 0.717) is 12.1 Å². The Morgan fingerprint density at radius 2 is 1.53 bits per heavy atom. The van der Waals surface area contributed by atoms with Crippen LogP contribution in [-0.2, 0) is 11.0 Å². The summed E-state index contributed by atoms with van der Waals surface area (Å²) in [5.74, 6) is -0.307. The lowest BCUT2D eigenvalue weighted by Gasteiger charge is -2.48. The zero-order valence-electron chi connectivity index (χ0n) is 16.5. The van der Waals surface area contributed by atoms with Crippen molar-refractivity contribution in [3.8, 4) is 11.1 Å². The third-order valence-corrected chi connectivity index (χ3v) is 5.48. The summed E-state index contributed by atoms with van der Waals surface area (Å²) in [6.07, 6.45) is -5.55. The lowest BCUT2D eigenvalue weighted by Crippen LogP contribution is -2.73. The van der Waals surface area contributed by atoms with Gasteiger partial charge >= 0.3 is 12.3 Å². The highest BCUT2D eigenvalue weighted by Gasteiger charge is 2.47. The first kappa shape index (κ1) is 21.6. The Bertz CT molecular complexity index is 929. The molecule has 1 atom stereocenters. The summed E-state index contributed by atoms with van der Waals surface area (Å²) in [6, 6.07) is 12.1. The van der Waals surface area contributed by atoms with E-state index in [0.717, 1.165) is 28.3 Å². The van der Waals surface area contributed by atoms with Crippen LogP contribution in [0.1, 0.15) is 12.5 Å². The van der Waals surface area contributed by atoms with E-state index in [4.69, 9.17) is 0 Å². The van der Waals surface area contributed by atoms with Crippen LogP contribution in [0, 0.1) is 0 Å². The number of Topliss-reactive ketones (excluding diaryl/α,β-unsaturated/α-hetero) is 1. The number of halogens is 3. The largest absolute Gasteiger partial charge is 0.465 e. The molecule has 1 fully saturated rings. The fourth-order valence-electron chi connectivity index (χ4n) is 3.74. The van der Waals surface area contributed by atoms with E-state index in [1.807, 2.05) is 17.0 Å². The van der Waals surface area contributed by atoms with E-state index in [2.05, 4.69) is 5.32 Å². The second kappa shape index (κ2) is 7.98. The monoisotopic (exact) mass is 421 g/mol. The Hall–Kier alpha value is -3.07. The molecule has 9 heteroatoms. The molecule has 6 nitrogen and oxygen atoms in total. The highest BCUT2D eigenvalue weighted by Crippen LogP contribution is 2.32. The van der Waals surface area contributed by atoms with Crippen molar-refractivity contribution >= 4 is 17.6 Å². The van der Waals surface area contributed by atoms with Gasteiger partial charge in [-0.05, 0) is 49.4 Å². The predicted molar refractivity (Wildman–Crippen MR) is 106 cm³/mol.